The quantitative estimate of drug-likeness (QED) is 0.705. The molecule has 0 bridgehead atoms. The number of aromatic nitrogens is 3. The summed E-state index contributed by atoms with van der Waals surface area (Å²) < 4.78 is 1.72. The van der Waals surface area contributed by atoms with Crippen molar-refractivity contribution in [2.45, 2.75) is 6.42 Å². The molecule has 7 heteroatoms. The molecular weight excluding hydrogens is 334 g/mol. The van der Waals surface area contributed by atoms with Gasteiger partial charge in [-0.2, -0.15) is 5.10 Å². The summed E-state index contributed by atoms with van der Waals surface area (Å²) in [6.07, 6.45) is 4.44. The van der Waals surface area contributed by atoms with Crippen LogP contribution in [-0.4, -0.2) is 45.2 Å². The molecule has 0 atom stereocenters. The van der Waals surface area contributed by atoms with Crippen molar-refractivity contribution in [2.24, 2.45) is 12.8 Å². The fourth-order valence-electron chi connectivity index (χ4n) is 2.58. The Bertz CT molecular complexity index is 827. The molecule has 2 N–H and O–H groups in total. The van der Waals surface area contributed by atoms with Crippen LogP contribution in [0.1, 0.15) is 16.1 Å². The number of carbonyl (C=O) groups excluding carboxylic acids is 1. The van der Waals surface area contributed by atoms with Gasteiger partial charge in [0.2, 0.25) is 0 Å². The minimum Gasteiger partial charge on any atom is -0.336 e. The van der Waals surface area contributed by atoms with Gasteiger partial charge >= 0.3 is 0 Å². The van der Waals surface area contributed by atoms with Crippen LogP contribution in [0.3, 0.4) is 0 Å². The van der Waals surface area contributed by atoms with Crippen molar-refractivity contribution in [1.82, 2.24) is 19.7 Å². The van der Waals surface area contributed by atoms with E-state index in [1.165, 1.54) is 16.9 Å². The lowest BCUT2D eigenvalue weighted by Gasteiger charge is -2.21. The number of hydrogen-bond acceptors (Lipinski definition) is 5. The zero-order chi connectivity index (χ0) is 17.6. The molecule has 0 aliphatic heterocycles. The molecule has 2 aromatic heterocycles. The minimum absolute atomic E-state index is 0.0761. The third-order valence-corrected chi connectivity index (χ3v) is 4.77. The first kappa shape index (κ1) is 17.3. The molecular formula is C18H21N5OS. The SMILES string of the molecule is Cn1cc(-c2nc(C(=O)N(CCN)CCc3ccccc3)cs2)cn1. The zero-order valence-electron chi connectivity index (χ0n) is 14.1. The normalized spacial score (nSPS) is 10.8. The molecule has 3 aromatic rings. The van der Waals surface area contributed by atoms with Crippen LogP contribution in [0.5, 0.6) is 0 Å². The Labute approximate surface area is 150 Å². The summed E-state index contributed by atoms with van der Waals surface area (Å²) >= 11 is 1.45. The molecule has 6 nitrogen and oxygen atoms in total. The highest BCUT2D eigenvalue weighted by molar-refractivity contribution is 7.13. The van der Waals surface area contributed by atoms with E-state index in [0.29, 0.717) is 25.3 Å². The molecule has 25 heavy (non-hydrogen) atoms. The summed E-state index contributed by atoms with van der Waals surface area (Å²) in [5.41, 5.74) is 8.27. The van der Waals surface area contributed by atoms with Gasteiger partial charge in [-0.25, -0.2) is 4.98 Å². The molecule has 130 valence electrons. The van der Waals surface area contributed by atoms with E-state index in [4.69, 9.17) is 5.73 Å². The molecule has 0 spiro atoms. The maximum atomic E-state index is 12.8. The molecule has 2 heterocycles. The second-order valence-corrected chi connectivity index (χ2v) is 6.62. The highest BCUT2D eigenvalue weighted by Crippen LogP contribution is 2.23. The maximum absolute atomic E-state index is 12.8. The first-order valence-corrected chi connectivity index (χ1v) is 9.03. The predicted molar refractivity (Wildman–Crippen MR) is 99.4 cm³/mol. The molecule has 0 fully saturated rings. The van der Waals surface area contributed by atoms with Crippen molar-refractivity contribution in [3.8, 4) is 10.6 Å². The van der Waals surface area contributed by atoms with Gasteiger partial charge in [0.1, 0.15) is 10.7 Å². The van der Waals surface area contributed by atoms with Crippen molar-refractivity contribution in [3.05, 3.63) is 59.4 Å². The second kappa shape index (κ2) is 8.04. The molecule has 0 saturated carbocycles. The Morgan fingerprint density at radius 1 is 1.28 bits per heavy atom. The number of thiazole rings is 1. The molecule has 0 saturated heterocycles. The second-order valence-electron chi connectivity index (χ2n) is 5.76. The van der Waals surface area contributed by atoms with E-state index in [9.17, 15) is 4.79 Å². The van der Waals surface area contributed by atoms with Crippen LogP contribution in [0.4, 0.5) is 0 Å². The fourth-order valence-corrected chi connectivity index (χ4v) is 3.35. The number of nitrogens with two attached hydrogens (primary N) is 1. The van der Waals surface area contributed by atoms with Crippen LogP contribution in [0.15, 0.2) is 48.1 Å². The van der Waals surface area contributed by atoms with Gasteiger partial charge in [0.25, 0.3) is 5.91 Å². The average Bonchev–Trinajstić information content (AvgIpc) is 3.28. The van der Waals surface area contributed by atoms with Crippen LogP contribution >= 0.6 is 11.3 Å². The van der Waals surface area contributed by atoms with E-state index in [2.05, 4.69) is 22.2 Å². The van der Waals surface area contributed by atoms with Crippen molar-refractivity contribution >= 4 is 17.2 Å². The number of rotatable bonds is 7. The Balaban J connectivity index is 1.71. The van der Waals surface area contributed by atoms with E-state index >= 15 is 0 Å². The monoisotopic (exact) mass is 355 g/mol. The van der Waals surface area contributed by atoms with Gasteiger partial charge in [-0.1, -0.05) is 30.3 Å². The Morgan fingerprint density at radius 2 is 2.08 bits per heavy atom. The predicted octanol–water partition coefficient (Wildman–Crippen LogP) is 2.19. The summed E-state index contributed by atoms with van der Waals surface area (Å²) in [6, 6.07) is 10.1. The molecule has 0 aliphatic rings. The van der Waals surface area contributed by atoms with Gasteiger partial charge in [0.15, 0.2) is 0 Å². The van der Waals surface area contributed by atoms with E-state index in [1.54, 1.807) is 21.2 Å². The van der Waals surface area contributed by atoms with Crippen LogP contribution in [0, 0.1) is 0 Å². The standard InChI is InChI=1S/C18H21N5OS/c1-22-12-15(11-20-22)17-21-16(13-25-17)18(24)23(10-8-19)9-7-14-5-3-2-4-6-14/h2-6,11-13H,7-10,19H2,1H3. The van der Waals surface area contributed by atoms with Gasteiger partial charge in [-0.15, -0.1) is 11.3 Å². The lowest BCUT2D eigenvalue weighted by molar-refractivity contribution is 0.0757. The van der Waals surface area contributed by atoms with Crippen LogP contribution < -0.4 is 5.73 Å². The summed E-state index contributed by atoms with van der Waals surface area (Å²) in [5.74, 6) is -0.0761. The van der Waals surface area contributed by atoms with Crippen molar-refractivity contribution < 1.29 is 4.79 Å². The maximum Gasteiger partial charge on any atom is 0.273 e. The minimum atomic E-state index is -0.0761. The smallest absolute Gasteiger partial charge is 0.273 e. The number of benzene rings is 1. The molecule has 3 rings (SSSR count). The Morgan fingerprint density at radius 3 is 2.76 bits per heavy atom. The molecule has 0 radical (unpaired) electrons. The van der Waals surface area contributed by atoms with Crippen molar-refractivity contribution in [3.63, 3.8) is 0 Å². The third-order valence-electron chi connectivity index (χ3n) is 3.87. The topological polar surface area (TPSA) is 77.0 Å². The largest absolute Gasteiger partial charge is 0.336 e. The van der Waals surface area contributed by atoms with Crippen molar-refractivity contribution in [2.75, 3.05) is 19.6 Å². The van der Waals surface area contributed by atoms with Crippen molar-refractivity contribution in [1.29, 1.82) is 0 Å². The number of carbonyl (C=O) groups is 1. The molecule has 0 unspecified atom stereocenters. The first-order valence-electron chi connectivity index (χ1n) is 8.15. The Kier molecular flexibility index (Phi) is 5.57. The first-order chi connectivity index (χ1) is 12.2. The van der Waals surface area contributed by atoms with Gasteiger partial charge in [0, 0.05) is 43.8 Å². The molecule has 1 aromatic carbocycles. The summed E-state index contributed by atoms with van der Waals surface area (Å²) in [5, 5.41) is 6.75. The van der Waals surface area contributed by atoms with Gasteiger partial charge in [0.05, 0.1) is 6.20 Å². The van der Waals surface area contributed by atoms with E-state index in [-0.39, 0.29) is 5.91 Å². The number of hydrogen-bond donors (Lipinski definition) is 1. The number of amides is 1. The van der Waals surface area contributed by atoms with Crippen LogP contribution in [0.25, 0.3) is 10.6 Å². The molecule has 0 aliphatic carbocycles. The highest BCUT2D eigenvalue weighted by atomic mass is 32.1. The molecule has 1 amide bonds. The van der Waals surface area contributed by atoms with Gasteiger partial charge in [-0.3, -0.25) is 9.48 Å². The van der Waals surface area contributed by atoms with E-state index in [1.807, 2.05) is 31.4 Å². The lowest BCUT2D eigenvalue weighted by atomic mass is 10.1. The lowest BCUT2D eigenvalue weighted by Crippen LogP contribution is -2.37. The highest BCUT2D eigenvalue weighted by Gasteiger charge is 2.19. The van der Waals surface area contributed by atoms with Gasteiger partial charge in [-0.05, 0) is 12.0 Å². The van der Waals surface area contributed by atoms with Crippen LogP contribution in [0.2, 0.25) is 0 Å². The van der Waals surface area contributed by atoms with E-state index in [0.717, 1.165) is 17.0 Å². The third kappa shape index (κ3) is 4.32. The number of aryl methyl sites for hydroxylation is 1. The summed E-state index contributed by atoms with van der Waals surface area (Å²) in [6.45, 7) is 1.57. The zero-order valence-corrected chi connectivity index (χ0v) is 14.9. The Hall–Kier alpha value is -2.51. The summed E-state index contributed by atoms with van der Waals surface area (Å²) in [7, 11) is 1.86. The van der Waals surface area contributed by atoms with Crippen LogP contribution in [-0.2, 0) is 13.5 Å². The summed E-state index contributed by atoms with van der Waals surface area (Å²) in [4.78, 5) is 19.1. The van der Waals surface area contributed by atoms with Gasteiger partial charge < -0.3 is 10.6 Å². The fraction of sp³-hybridized carbons (Fsp3) is 0.278. The van der Waals surface area contributed by atoms with E-state index < -0.39 is 0 Å². The number of nitrogens with zero attached hydrogens (tertiary/aromatic N) is 4. The average molecular weight is 355 g/mol.